The monoisotopic (exact) mass is 590 g/mol. The molecule has 1 saturated heterocycles. The highest BCUT2D eigenvalue weighted by Crippen LogP contribution is 2.58. The van der Waals surface area contributed by atoms with E-state index in [1.165, 1.54) is 36.4 Å². The highest BCUT2D eigenvalue weighted by molar-refractivity contribution is 6.31. The lowest BCUT2D eigenvalue weighted by molar-refractivity contribution is -0.131. The zero-order chi connectivity index (χ0) is 29.4. The van der Waals surface area contributed by atoms with Crippen molar-refractivity contribution in [2.75, 3.05) is 18.5 Å². The first-order chi connectivity index (χ1) is 20.3. The highest BCUT2D eigenvalue weighted by atomic mass is 35.5. The van der Waals surface area contributed by atoms with Gasteiger partial charge < -0.3 is 25.2 Å². The first-order valence-electron chi connectivity index (χ1n) is 13.3. The summed E-state index contributed by atoms with van der Waals surface area (Å²) in [6, 6.07) is 20.1. The topological polar surface area (TPSA) is 96.9 Å². The molecule has 7 nitrogen and oxygen atoms in total. The number of hydrogen-bond acceptors (Lipinski definition) is 5. The number of nitrogens with one attached hydrogen (secondary N) is 2. The zero-order valence-corrected chi connectivity index (χ0v) is 22.8. The van der Waals surface area contributed by atoms with Crippen LogP contribution in [-0.4, -0.2) is 30.1 Å². The van der Waals surface area contributed by atoms with Gasteiger partial charge in [0.2, 0.25) is 11.8 Å². The SMILES string of the molecule is O=C1C[C@@H](c2cccc(F)c2)C2(C(=O)Nc3cc(Cl)ccc32)[C@@H](c2cc(F)ccc2Oc2ccc(OCCO)cc2)N1. The lowest BCUT2D eigenvalue weighted by Gasteiger charge is -2.46. The molecule has 6 rings (SSSR count). The van der Waals surface area contributed by atoms with Crippen molar-refractivity contribution in [3.05, 3.63) is 118 Å². The van der Waals surface area contributed by atoms with E-state index in [0.717, 1.165) is 0 Å². The Hall–Kier alpha value is -4.47. The summed E-state index contributed by atoms with van der Waals surface area (Å²) in [5, 5.41) is 15.2. The van der Waals surface area contributed by atoms with Crippen LogP contribution in [-0.2, 0) is 15.0 Å². The van der Waals surface area contributed by atoms with Crippen LogP contribution >= 0.6 is 11.6 Å². The maximum Gasteiger partial charge on any atom is 0.238 e. The molecule has 4 aromatic carbocycles. The molecule has 0 saturated carbocycles. The summed E-state index contributed by atoms with van der Waals surface area (Å²) in [6.07, 6.45) is -0.115. The molecule has 214 valence electrons. The fourth-order valence-electron chi connectivity index (χ4n) is 6.00. The molecule has 1 spiro atoms. The van der Waals surface area contributed by atoms with Crippen molar-refractivity contribution in [1.82, 2.24) is 5.32 Å². The van der Waals surface area contributed by atoms with Crippen LogP contribution in [0.4, 0.5) is 14.5 Å². The number of carbonyl (C=O) groups excluding carboxylic acids is 2. The fraction of sp³-hybridized carbons (Fsp3) is 0.188. The summed E-state index contributed by atoms with van der Waals surface area (Å²) in [4.78, 5) is 27.5. The third kappa shape index (κ3) is 4.84. The Labute approximate surface area is 245 Å². The minimum atomic E-state index is -1.50. The van der Waals surface area contributed by atoms with Gasteiger partial charge in [0.15, 0.2) is 0 Å². The maximum atomic E-state index is 14.9. The third-order valence-electron chi connectivity index (χ3n) is 7.70. The zero-order valence-electron chi connectivity index (χ0n) is 22.1. The third-order valence-corrected chi connectivity index (χ3v) is 7.93. The number of hydrogen-bond donors (Lipinski definition) is 3. The fourth-order valence-corrected chi connectivity index (χ4v) is 6.17. The number of halogens is 3. The average molecular weight is 591 g/mol. The first-order valence-corrected chi connectivity index (χ1v) is 13.6. The summed E-state index contributed by atoms with van der Waals surface area (Å²) in [5.41, 5.74) is 0.160. The van der Waals surface area contributed by atoms with Gasteiger partial charge in [-0.05, 0) is 77.9 Å². The molecule has 0 aromatic heterocycles. The second kappa shape index (κ2) is 11.1. The van der Waals surface area contributed by atoms with Gasteiger partial charge in [0, 0.05) is 28.6 Å². The molecule has 2 aliphatic rings. The molecule has 2 aliphatic heterocycles. The van der Waals surface area contributed by atoms with Crippen molar-refractivity contribution in [2.24, 2.45) is 0 Å². The molecular formula is C32H25ClF2N2O5. The van der Waals surface area contributed by atoms with Gasteiger partial charge in [-0.25, -0.2) is 8.78 Å². The Bertz CT molecular complexity index is 1680. The Morgan fingerprint density at radius 3 is 2.45 bits per heavy atom. The van der Waals surface area contributed by atoms with Crippen LogP contribution in [0.1, 0.15) is 35.1 Å². The van der Waals surface area contributed by atoms with Crippen LogP contribution in [0, 0.1) is 11.6 Å². The standard InChI is InChI=1S/C32H25ClF2N2O5/c33-19-4-10-25-27(15-19)36-31(40)32(25)26(18-2-1-3-20(34)14-18)17-29(39)37-30(32)24-16-21(35)5-11-28(24)42-23-8-6-22(7-9-23)41-13-12-38/h1-11,14-16,26,30,38H,12-13,17H2,(H,36,40)(H,37,39)/t26-,30+,32?/m0/s1. The molecule has 42 heavy (non-hydrogen) atoms. The summed E-state index contributed by atoms with van der Waals surface area (Å²) < 4.78 is 41.0. The number of anilines is 1. The van der Waals surface area contributed by atoms with E-state index in [9.17, 15) is 18.4 Å². The predicted octanol–water partition coefficient (Wildman–Crippen LogP) is 6.02. The Balaban J connectivity index is 1.52. The molecule has 1 unspecified atom stereocenters. The van der Waals surface area contributed by atoms with E-state index < -0.39 is 40.8 Å². The van der Waals surface area contributed by atoms with Gasteiger partial charge >= 0.3 is 0 Å². The summed E-state index contributed by atoms with van der Waals surface area (Å²) in [7, 11) is 0. The van der Waals surface area contributed by atoms with Crippen molar-refractivity contribution in [2.45, 2.75) is 23.8 Å². The van der Waals surface area contributed by atoms with Gasteiger partial charge in [-0.1, -0.05) is 29.8 Å². The molecule has 1 fully saturated rings. The van der Waals surface area contributed by atoms with E-state index in [0.29, 0.717) is 33.3 Å². The molecule has 3 atom stereocenters. The van der Waals surface area contributed by atoms with E-state index >= 15 is 0 Å². The van der Waals surface area contributed by atoms with Crippen LogP contribution in [0.5, 0.6) is 17.2 Å². The number of rotatable bonds is 7. The van der Waals surface area contributed by atoms with E-state index in [4.69, 9.17) is 26.2 Å². The smallest absolute Gasteiger partial charge is 0.238 e. The van der Waals surface area contributed by atoms with Gasteiger partial charge in [-0.2, -0.15) is 0 Å². The van der Waals surface area contributed by atoms with Crippen LogP contribution < -0.4 is 20.1 Å². The molecule has 2 amide bonds. The van der Waals surface area contributed by atoms with Crippen LogP contribution in [0.2, 0.25) is 5.02 Å². The highest BCUT2D eigenvalue weighted by Gasteiger charge is 2.61. The molecule has 3 N–H and O–H groups in total. The number of fused-ring (bicyclic) bond motifs is 2. The molecule has 2 heterocycles. The quantitative estimate of drug-likeness (QED) is 0.245. The Morgan fingerprint density at radius 2 is 1.69 bits per heavy atom. The van der Waals surface area contributed by atoms with E-state index in [1.807, 2.05) is 0 Å². The molecule has 10 heteroatoms. The van der Waals surface area contributed by atoms with Gasteiger partial charge in [0.1, 0.15) is 40.9 Å². The molecule has 0 aliphatic carbocycles. The van der Waals surface area contributed by atoms with E-state index in [-0.39, 0.29) is 30.9 Å². The summed E-state index contributed by atoms with van der Waals surface area (Å²) in [5.74, 6) is -1.65. The average Bonchev–Trinajstić information content (AvgIpc) is 3.25. The first kappa shape index (κ1) is 27.7. The van der Waals surface area contributed by atoms with Gasteiger partial charge in [0.05, 0.1) is 12.6 Å². The number of amides is 2. The number of benzene rings is 4. The van der Waals surface area contributed by atoms with Gasteiger partial charge in [-0.3, -0.25) is 9.59 Å². The van der Waals surface area contributed by atoms with Crippen molar-refractivity contribution in [3.8, 4) is 17.2 Å². The van der Waals surface area contributed by atoms with Crippen LogP contribution in [0.3, 0.4) is 0 Å². The molecule has 0 radical (unpaired) electrons. The summed E-state index contributed by atoms with van der Waals surface area (Å²) >= 11 is 6.26. The number of carbonyl (C=O) groups is 2. The maximum absolute atomic E-state index is 14.9. The van der Waals surface area contributed by atoms with Crippen LogP contribution in [0.15, 0.2) is 84.9 Å². The minimum absolute atomic E-state index is 0.115. The largest absolute Gasteiger partial charge is 0.491 e. The van der Waals surface area contributed by atoms with Crippen molar-refractivity contribution < 1.29 is 33.0 Å². The lowest BCUT2D eigenvalue weighted by atomic mass is 9.59. The molecule has 4 aromatic rings. The van der Waals surface area contributed by atoms with Gasteiger partial charge in [-0.15, -0.1) is 0 Å². The lowest BCUT2D eigenvalue weighted by Crippen LogP contribution is -2.56. The summed E-state index contributed by atoms with van der Waals surface area (Å²) in [6.45, 7) is -0.00141. The van der Waals surface area contributed by atoms with Crippen molar-refractivity contribution >= 4 is 29.1 Å². The van der Waals surface area contributed by atoms with Crippen molar-refractivity contribution in [3.63, 3.8) is 0 Å². The Kier molecular flexibility index (Phi) is 7.30. The van der Waals surface area contributed by atoms with E-state index in [2.05, 4.69) is 10.6 Å². The second-order valence-electron chi connectivity index (χ2n) is 10.2. The number of aliphatic hydroxyl groups excluding tert-OH is 1. The number of aliphatic hydroxyl groups is 1. The minimum Gasteiger partial charge on any atom is -0.491 e. The van der Waals surface area contributed by atoms with Crippen LogP contribution in [0.25, 0.3) is 0 Å². The van der Waals surface area contributed by atoms with Crippen molar-refractivity contribution in [1.29, 1.82) is 0 Å². The Morgan fingerprint density at radius 1 is 0.929 bits per heavy atom. The van der Waals surface area contributed by atoms with Gasteiger partial charge in [0.25, 0.3) is 0 Å². The number of ether oxygens (including phenoxy) is 2. The number of piperidine rings is 1. The normalized spacial score (nSPS) is 21.0. The predicted molar refractivity (Wildman–Crippen MR) is 152 cm³/mol. The van der Waals surface area contributed by atoms with E-state index in [1.54, 1.807) is 48.5 Å². The molecule has 0 bridgehead atoms. The second-order valence-corrected chi connectivity index (χ2v) is 10.6. The molecular weight excluding hydrogens is 566 g/mol.